The summed E-state index contributed by atoms with van der Waals surface area (Å²) in [5, 5.41) is 11.1. The third-order valence-electron chi connectivity index (χ3n) is 3.02. The molecule has 0 aromatic heterocycles. The van der Waals surface area contributed by atoms with Crippen LogP contribution in [0.1, 0.15) is 23.5 Å². The molecular formula is C12H16N2O3S. The molecule has 1 saturated carbocycles. The number of hydrogen-bond acceptors (Lipinski definition) is 3. The predicted octanol–water partition coefficient (Wildman–Crippen LogP) is 1.27. The fraction of sp³-hybridized carbons (Fsp3) is 0.417. The molecule has 0 aliphatic heterocycles. The minimum atomic E-state index is -1.00. The topological polar surface area (TPSA) is 92.4 Å². The van der Waals surface area contributed by atoms with Gasteiger partial charge in [0.25, 0.3) is 0 Å². The highest BCUT2D eigenvalue weighted by atomic mass is 32.2. The quantitative estimate of drug-likeness (QED) is 0.717. The number of carboxylic acid groups (broad SMARTS) is 1. The molecule has 0 spiro atoms. The molecule has 5 nitrogen and oxygen atoms in total. The minimum Gasteiger partial charge on any atom is -0.465 e. The van der Waals surface area contributed by atoms with E-state index in [1.165, 1.54) is 0 Å². The van der Waals surface area contributed by atoms with Gasteiger partial charge in [0.15, 0.2) is 0 Å². The normalized spacial score (nSPS) is 23.4. The molecule has 6 heteroatoms. The highest BCUT2D eigenvalue weighted by Crippen LogP contribution is 2.42. The van der Waals surface area contributed by atoms with Crippen molar-refractivity contribution in [3.8, 4) is 0 Å². The zero-order valence-electron chi connectivity index (χ0n) is 10.1. The number of nitrogens with two attached hydrogens (primary N) is 1. The van der Waals surface area contributed by atoms with E-state index in [0.29, 0.717) is 11.4 Å². The highest BCUT2D eigenvalue weighted by Gasteiger charge is 2.40. The molecule has 0 saturated heterocycles. The standard InChI is InChI=1S/C12H16N2O3S/c1-18(17)6-7-4-8(13)2-3-9(7)10-5-11(10)14-12(15)16/h2-4,10-11,14H,5-6,13H2,1H3,(H,15,16). The van der Waals surface area contributed by atoms with E-state index < -0.39 is 16.9 Å². The average molecular weight is 268 g/mol. The summed E-state index contributed by atoms with van der Waals surface area (Å²) in [7, 11) is -0.938. The van der Waals surface area contributed by atoms with E-state index in [9.17, 15) is 9.00 Å². The van der Waals surface area contributed by atoms with E-state index in [-0.39, 0.29) is 12.0 Å². The van der Waals surface area contributed by atoms with Gasteiger partial charge < -0.3 is 16.2 Å². The van der Waals surface area contributed by atoms with Crippen molar-refractivity contribution >= 4 is 22.6 Å². The van der Waals surface area contributed by atoms with Crippen molar-refractivity contribution in [2.45, 2.75) is 24.1 Å². The van der Waals surface area contributed by atoms with Gasteiger partial charge in [-0.05, 0) is 29.7 Å². The Morgan fingerprint density at radius 3 is 2.94 bits per heavy atom. The summed E-state index contributed by atoms with van der Waals surface area (Å²) < 4.78 is 11.3. The van der Waals surface area contributed by atoms with E-state index in [1.807, 2.05) is 12.1 Å². The van der Waals surface area contributed by atoms with Crippen molar-refractivity contribution in [2.75, 3.05) is 12.0 Å². The number of hydrogen-bond donors (Lipinski definition) is 3. The van der Waals surface area contributed by atoms with Gasteiger partial charge in [-0.15, -0.1) is 0 Å². The Bertz CT molecular complexity index is 504. The van der Waals surface area contributed by atoms with Crippen molar-refractivity contribution in [3.63, 3.8) is 0 Å². The van der Waals surface area contributed by atoms with E-state index in [0.717, 1.165) is 17.5 Å². The Kier molecular flexibility index (Phi) is 3.56. The number of amides is 1. The Morgan fingerprint density at radius 1 is 1.61 bits per heavy atom. The van der Waals surface area contributed by atoms with Gasteiger partial charge in [-0.1, -0.05) is 6.07 Å². The maximum Gasteiger partial charge on any atom is 0.404 e. The van der Waals surface area contributed by atoms with Crippen LogP contribution >= 0.6 is 0 Å². The van der Waals surface area contributed by atoms with Crippen LogP contribution < -0.4 is 11.1 Å². The molecule has 18 heavy (non-hydrogen) atoms. The predicted molar refractivity (Wildman–Crippen MR) is 70.9 cm³/mol. The molecule has 1 aromatic rings. The number of carbonyl (C=O) groups is 1. The second kappa shape index (κ2) is 4.97. The van der Waals surface area contributed by atoms with Crippen molar-refractivity contribution in [3.05, 3.63) is 29.3 Å². The zero-order valence-corrected chi connectivity index (χ0v) is 10.9. The summed E-state index contributed by atoms with van der Waals surface area (Å²) in [5.74, 6) is 0.636. The molecule has 4 N–H and O–H groups in total. The molecule has 1 aliphatic carbocycles. The summed E-state index contributed by atoms with van der Waals surface area (Å²) in [6.07, 6.45) is 1.44. The Morgan fingerprint density at radius 2 is 2.33 bits per heavy atom. The van der Waals surface area contributed by atoms with Crippen LogP contribution in [0.3, 0.4) is 0 Å². The van der Waals surface area contributed by atoms with Crippen LogP contribution in [0.5, 0.6) is 0 Å². The molecule has 3 atom stereocenters. The van der Waals surface area contributed by atoms with Gasteiger partial charge in [-0.2, -0.15) is 0 Å². The molecular weight excluding hydrogens is 252 g/mol. The van der Waals surface area contributed by atoms with Crippen molar-refractivity contribution < 1.29 is 14.1 Å². The monoisotopic (exact) mass is 268 g/mol. The fourth-order valence-corrected chi connectivity index (χ4v) is 2.88. The molecule has 0 heterocycles. The van der Waals surface area contributed by atoms with Crippen LogP contribution in [0.25, 0.3) is 0 Å². The number of nitrogen functional groups attached to an aromatic ring is 1. The van der Waals surface area contributed by atoms with Gasteiger partial charge in [0.1, 0.15) is 0 Å². The molecule has 1 aromatic carbocycles. The van der Waals surface area contributed by atoms with Crippen LogP contribution in [0.4, 0.5) is 10.5 Å². The molecule has 0 bridgehead atoms. The van der Waals surface area contributed by atoms with Crippen LogP contribution in [0.2, 0.25) is 0 Å². The highest BCUT2D eigenvalue weighted by molar-refractivity contribution is 7.83. The average Bonchev–Trinajstić information content (AvgIpc) is 2.95. The first kappa shape index (κ1) is 12.9. The summed E-state index contributed by atoms with van der Waals surface area (Å²) in [4.78, 5) is 10.6. The molecule has 2 rings (SSSR count). The van der Waals surface area contributed by atoms with Crippen LogP contribution in [-0.4, -0.2) is 27.7 Å². The number of anilines is 1. The Labute approximate surface area is 108 Å². The molecule has 0 radical (unpaired) electrons. The van der Waals surface area contributed by atoms with E-state index >= 15 is 0 Å². The molecule has 1 aliphatic rings. The van der Waals surface area contributed by atoms with Gasteiger partial charge in [0.2, 0.25) is 0 Å². The second-order valence-corrected chi connectivity index (χ2v) is 6.01. The lowest BCUT2D eigenvalue weighted by Gasteiger charge is -2.09. The Hall–Kier alpha value is -1.56. The largest absolute Gasteiger partial charge is 0.465 e. The summed E-state index contributed by atoms with van der Waals surface area (Å²) in [5.41, 5.74) is 8.38. The lowest BCUT2D eigenvalue weighted by molar-refractivity contribution is 0.193. The minimum absolute atomic E-state index is 0.0323. The molecule has 3 unspecified atom stereocenters. The summed E-state index contributed by atoms with van der Waals surface area (Å²) in [6.45, 7) is 0. The first-order valence-corrected chi connectivity index (χ1v) is 7.38. The third-order valence-corrected chi connectivity index (χ3v) is 3.74. The van der Waals surface area contributed by atoms with Gasteiger partial charge in [0, 0.05) is 40.5 Å². The molecule has 1 amide bonds. The van der Waals surface area contributed by atoms with Crippen molar-refractivity contribution in [1.29, 1.82) is 0 Å². The van der Waals surface area contributed by atoms with E-state index in [1.54, 1.807) is 12.3 Å². The Balaban J connectivity index is 2.18. The second-order valence-electron chi connectivity index (χ2n) is 4.57. The summed E-state index contributed by atoms with van der Waals surface area (Å²) in [6, 6.07) is 5.50. The molecule has 1 fully saturated rings. The molecule has 98 valence electrons. The van der Waals surface area contributed by atoms with Crippen LogP contribution in [0.15, 0.2) is 18.2 Å². The van der Waals surface area contributed by atoms with Gasteiger partial charge >= 0.3 is 6.09 Å². The van der Waals surface area contributed by atoms with Gasteiger partial charge in [-0.25, -0.2) is 4.79 Å². The first-order valence-electron chi connectivity index (χ1n) is 5.65. The maximum atomic E-state index is 11.3. The summed E-state index contributed by atoms with van der Waals surface area (Å²) >= 11 is 0. The van der Waals surface area contributed by atoms with Gasteiger partial charge in [0.05, 0.1) is 0 Å². The van der Waals surface area contributed by atoms with Crippen LogP contribution in [0, 0.1) is 0 Å². The lowest BCUT2D eigenvalue weighted by atomic mass is 10.0. The number of nitrogens with one attached hydrogen (secondary N) is 1. The SMILES string of the molecule is CS(=O)Cc1cc(N)ccc1C1CC1NC(=O)O. The van der Waals surface area contributed by atoms with Crippen LogP contribution in [-0.2, 0) is 16.6 Å². The van der Waals surface area contributed by atoms with Crippen molar-refractivity contribution in [1.82, 2.24) is 5.32 Å². The lowest BCUT2D eigenvalue weighted by Crippen LogP contribution is -2.24. The van der Waals surface area contributed by atoms with Crippen molar-refractivity contribution in [2.24, 2.45) is 0 Å². The number of rotatable bonds is 4. The fourth-order valence-electron chi connectivity index (χ4n) is 2.19. The van der Waals surface area contributed by atoms with E-state index in [2.05, 4.69) is 5.32 Å². The third kappa shape index (κ3) is 3.01. The van der Waals surface area contributed by atoms with E-state index in [4.69, 9.17) is 10.8 Å². The zero-order chi connectivity index (χ0) is 13.3. The van der Waals surface area contributed by atoms with Gasteiger partial charge in [-0.3, -0.25) is 4.21 Å². The first-order chi connectivity index (χ1) is 8.47. The smallest absolute Gasteiger partial charge is 0.404 e. The number of benzene rings is 1. The maximum absolute atomic E-state index is 11.3.